The lowest BCUT2D eigenvalue weighted by Gasteiger charge is -1.96. The highest BCUT2D eigenvalue weighted by atomic mass is 32.1. The highest BCUT2D eigenvalue weighted by Gasteiger charge is 2.10. The lowest BCUT2D eigenvalue weighted by Crippen LogP contribution is -2.03. The summed E-state index contributed by atoms with van der Waals surface area (Å²) in [5.41, 5.74) is 0. The predicted molar refractivity (Wildman–Crippen MR) is 43.8 cm³/mol. The lowest BCUT2D eigenvalue weighted by atomic mass is 10.2. The van der Waals surface area contributed by atoms with Crippen LogP contribution in [0.3, 0.4) is 0 Å². The summed E-state index contributed by atoms with van der Waals surface area (Å²) in [5.74, 6) is -0.102. The Morgan fingerprint density at radius 1 is 1.82 bits per heavy atom. The zero-order chi connectivity index (χ0) is 8.27. The minimum Gasteiger partial charge on any atom is -0.293 e. The summed E-state index contributed by atoms with van der Waals surface area (Å²) in [4.78, 5) is 11.7. The molecule has 0 aliphatic heterocycles. The third-order valence-corrected chi connectivity index (χ3v) is 2.17. The van der Waals surface area contributed by atoms with Crippen LogP contribution in [-0.2, 0) is 0 Å². The zero-order valence-corrected chi connectivity index (χ0v) is 7.03. The number of hydrogen-bond acceptors (Lipinski definition) is 2. The van der Waals surface area contributed by atoms with Crippen LogP contribution in [-0.4, -0.2) is 12.0 Å². The van der Waals surface area contributed by atoms with E-state index in [1.165, 1.54) is 18.3 Å². The minimum absolute atomic E-state index is 0.000509. The van der Waals surface area contributed by atoms with Gasteiger partial charge in [-0.05, 0) is 18.4 Å². The molecule has 0 fully saturated rings. The third kappa shape index (κ3) is 2.42. The second-order valence-corrected chi connectivity index (χ2v) is 3.33. The monoisotopic (exact) mass is 172 g/mol. The summed E-state index contributed by atoms with van der Waals surface area (Å²) < 4.78 is 12.3. The number of Topliss-reactive ketones (excluding diaryl/α,β-unsaturated/α-hetero) is 1. The van der Waals surface area contributed by atoms with Gasteiger partial charge in [-0.1, -0.05) is 6.07 Å². The first-order valence-corrected chi connectivity index (χ1v) is 4.29. The van der Waals surface area contributed by atoms with Gasteiger partial charge in [-0.25, -0.2) is 4.39 Å². The highest BCUT2D eigenvalue weighted by molar-refractivity contribution is 7.12. The molecule has 0 amide bonds. The number of alkyl halides is 1. The molecule has 1 aromatic rings. The van der Waals surface area contributed by atoms with Gasteiger partial charge in [0.05, 0.1) is 4.88 Å². The fourth-order valence-corrected chi connectivity index (χ4v) is 1.47. The molecule has 0 bridgehead atoms. The Morgan fingerprint density at radius 2 is 2.55 bits per heavy atom. The molecule has 1 nitrogen and oxygen atoms in total. The standard InChI is InChI=1S/C8H9FOS/c1-6(9)5-7(10)8-3-2-4-11-8/h2-4,6H,5H2,1H3. The normalized spacial score (nSPS) is 12.9. The maximum Gasteiger partial charge on any atom is 0.175 e. The van der Waals surface area contributed by atoms with Gasteiger partial charge in [-0.2, -0.15) is 0 Å². The number of carbonyl (C=O) groups is 1. The maximum atomic E-state index is 12.3. The molecule has 3 heteroatoms. The second-order valence-electron chi connectivity index (χ2n) is 2.39. The molecule has 0 radical (unpaired) electrons. The summed E-state index contributed by atoms with van der Waals surface area (Å²) in [5, 5.41) is 1.82. The van der Waals surface area contributed by atoms with Crippen LogP contribution in [0, 0.1) is 0 Å². The average molecular weight is 172 g/mol. The molecule has 1 heterocycles. The molecule has 0 spiro atoms. The van der Waals surface area contributed by atoms with Crippen molar-refractivity contribution in [3.05, 3.63) is 22.4 Å². The molecule has 0 aliphatic rings. The van der Waals surface area contributed by atoms with Gasteiger partial charge in [0, 0.05) is 6.42 Å². The van der Waals surface area contributed by atoms with Crippen molar-refractivity contribution < 1.29 is 9.18 Å². The molecular weight excluding hydrogens is 163 g/mol. The van der Waals surface area contributed by atoms with Crippen molar-refractivity contribution in [1.82, 2.24) is 0 Å². The van der Waals surface area contributed by atoms with Crippen LogP contribution in [0.5, 0.6) is 0 Å². The van der Waals surface area contributed by atoms with Crippen molar-refractivity contribution in [2.24, 2.45) is 0 Å². The summed E-state index contributed by atoms with van der Waals surface area (Å²) in [7, 11) is 0. The summed E-state index contributed by atoms with van der Waals surface area (Å²) in [6, 6.07) is 3.51. The second kappa shape index (κ2) is 3.62. The Morgan fingerprint density at radius 3 is 3.00 bits per heavy atom. The molecule has 1 atom stereocenters. The molecule has 1 unspecified atom stereocenters. The summed E-state index contributed by atoms with van der Waals surface area (Å²) in [6.45, 7) is 1.39. The molecular formula is C8H9FOS. The quantitative estimate of drug-likeness (QED) is 0.640. The van der Waals surface area contributed by atoms with E-state index in [0.717, 1.165) is 0 Å². The van der Waals surface area contributed by atoms with Crippen molar-refractivity contribution in [3.8, 4) is 0 Å². The van der Waals surface area contributed by atoms with Gasteiger partial charge in [0.2, 0.25) is 0 Å². The first-order chi connectivity index (χ1) is 5.20. The Balaban J connectivity index is 2.57. The molecule has 0 aliphatic carbocycles. The van der Waals surface area contributed by atoms with Crippen LogP contribution in [0.25, 0.3) is 0 Å². The van der Waals surface area contributed by atoms with Gasteiger partial charge in [0.25, 0.3) is 0 Å². The van der Waals surface area contributed by atoms with Crippen LogP contribution in [0.1, 0.15) is 23.0 Å². The molecule has 0 saturated heterocycles. The molecule has 0 saturated carbocycles. The predicted octanol–water partition coefficient (Wildman–Crippen LogP) is 2.68. The molecule has 1 aromatic heterocycles. The van der Waals surface area contributed by atoms with Gasteiger partial charge in [0.15, 0.2) is 5.78 Å². The number of rotatable bonds is 3. The van der Waals surface area contributed by atoms with Crippen LogP contribution in [0.4, 0.5) is 4.39 Å². The fourth-order valence-electron chi connectivity index (χ4n) is 0.793. The van der Waals surface area contributed by atoms with Gasteiger partial charge < -0.3 is 0 Å². The van der Waals surface area contributed by atoms with Crippen molar-refractivity contribution in [2.75, 3.05) is 0 Å². The lowest BCUT2D eigenvalue weighted by molar-refractivity contribution is 0.0957. The number of hydrogen-bond donors (Lipinski definition) is 0. The van der Waals surface area contributed by atoms with Crippen LogP contribution < -0.4 is 0 Å². The van der Waals surface area contributed by atoms with E-state index in [4.69, 9.17) is 0 Å². The van der Waals surface area contributed by atoms with E-state index in [9.17, 15) is 9.18 Å². The van der Waals surface area contributed by atoms with Gasteiger partial charge in [0.1, 0.15) is 6.17 Å². The number of halogens is 1. The minimum atomic E-state index is -1.04. The molecule has 1 rings (SSSR count). The van der Waals surface area contributed by atoms with E-state index in [-0.39, 0.29) is 12.2 Å². The number of carbonyl (C=O) groups excluding carboxylic acids is 1. The van der Waals surface area contributed by atoms with E-state index in [0.29, 0.717) is 4.88 Å². The Bertz CT molecular complexity index is 228. The van der Waals surface area contributed by atoms with E-state index in [1.807, 2.05) is 5.38 Å². The van der Waals surface area contributed by atoms with Crippen LogP contribution in [0.15, 0.2) is 17.5 Å². The fraction of sp³-hybridized carbons (Fsp3) is 0.375. The smallest absolute Gasteiger partial charge is 0.175 e. The maximum absolute atomic E-state index is 12.3. The van der Waals surface area contributed by atoms with Crippen molar-refractivity contribution in [3.63, 3.8) is 0 Å². The Kier molecular flexibility index (Phi) is 2.76. The Labute approximate surface area is 68.9 Å². The Hall–Kier alpha value is -0.700. The van der Waals surface area contributed by atoms with Crippen LogP contribution in [0.2, 0.25) is 0 Å². The van der Waals surface area contributed by atoms with E-state index in [2.05, 4.69) is 0 Å². The van der Waals surface area contributed by atoms with Gasteiger partial charge in [-0.3, -0.25) is 4.79 Å². The summed E-state index contributed by atoms with van der Waals surface area (Å²) >= 11 is 1.36. The highest BCUT2D eigenvalue weighted by Crippen LogP contribution is 2.12. The van der Waals surface area contributed by atoms with E-state index < -0.39 is 6.17 Å². The first-order valence-electron chi connectivity index (χ1n) is 3.41. The first kappa shape index (κ1) is 8.40. The number of ketones is 1. The van der Waals surface area contributed by atoms with Crippen molar-refractivity contribution in [2.45, 2.75) is 19.5 Å². The van der Waals surface area contributed by atoms with E-state index >= 15 is 0 Å². The van der Waals surface area contributed by atoms with E-state index in [1.54, 1.807) is 12.1 Å². The largest absolute Gasteiger partial charge is 0.293 e. The third-order valence-electron chi connectivity index (χ3n) is 1.26. The number of thiophene rings is 1. The molecule has 60 valence electrons. The van der Waals surface area contributed by atoms with Gasteiger partial charge in [-0.15, -0.1) is 11.3 Å². The summed E-state index contributed by atoms with van der Waals surface area (Å²) in [6.07, 6.45) is -1.04. The molecule has 0 N–H and O–H groups in total. The topological polar surface area (TPSA) is 17.1 Å². The SMILES string of the molecule is CC(F)CC(=O)c1cccs1. The van der Waals surface area contributed by atoms with Crippen molar-refractivity contribution in [1.29, 1.82) is 0 Å². The van der Waals surface area contributed by atoms with Crippen molar-refractivity contribution >= 4 is 17.1 Å². The average Bonchev–Trinajstić information content (AvgIpc) is 2.35. The molecule has 0 aromatic carbocycles. The molecule has 11 heavy (non-hydrogen) atoms. The zero-order valence-electron chi connectivity index (χ0n) is 6.21. The van der Waals surface area contributed by atoms with Gasteiger partial charge >= 0.3 is 0 Å². The van der Waals surface area contributed by atoms with Crippen LogP contribution >= 0.6 is 11.3 Å².